The van der Waals surface area contributed by atoms with E-state index in [1.165, 1.54) is 6.07 Å². The van der Waals surface area contributed by atoms with E-state index in [9.17, 15) is 4.79 Å². The molecule has 0 amide bonds. The predicted octanol–water partition coefficient (Wildman–Crippen LogP) is 3.35. The fourth-order valence-corrected chi connectivity index (χ4v) is 2.13. The van der Waals surface area contributed by atoms with Gasteiger partial charge in [-0.25, -0.2) is 4.79 Å². The van der Waals surface area contributed by atoms with E-state index < -0.39 is 5.97 Å². The maximum Gasteiger partial charge on any atom is 0.358 e. The van der Waals surface area contributed by atoms with E-state index in [1.54, 1.807) is 0 Å². The minimum absolute atomic E-state index is 0.127. The largest absolute Gasteiger partial charge is 0.476 e. The first kappa shape index (κ1) is 11.5. The molecule has 2 aromatic heterocycles. The maximum atomic E-state index is 10.8. The summed E-state index contributed by atoms with van der Waals surface area (Å²) in [6, 6.07) is 9.03. The highest BCUT2D eigenvalue weighted by Gasteiger charge is 2.20. The quantitative estimate of drug-likeness (QED) is 0.778. The van der Waals surface area contributed by atoms with Crippen molar-refractivity contribution >= 4 is 16.9 Å². The molecule has 0 aliphatic carbocycles. The molecule has 1 N–H and O–H groups in total. The summed E-state index contributed by atoms with van der Waals surface area (Å²) in [4.78, 5) is 10.8. The molecule has 0 bridgehead atoms. The van der Waals surface area contributed by atoms with E-state index in [4.69, 9.17) is 14.0 Å². The normalized spacial score (nSPS) is 11.0. The number of aryl methyl sites for hydroxylation is 1. The van der Waals surface area contributed by atoms with Gasteiger partial charge in [0.2, 0.25) is 5.76 Å². The zero-order valence-corrected chi connectivity index (χ0v) is 10.2. The molecule has 19 heavy (non-hydrogen) atoms. The van der Waals surface area contributed by atoms with E-state index in [0.717, 1.165) is 23.0 Å². The number of furan rings is 1. The van der Waals surface area contributed by atoms with Crippen molar-refractivity contribution < 1.29 is 18.8 Å². The van der Waals surface area contributed by atoms with Gasteiger partial charge in [-0.05, 0) is 12.5 Å². The van der Waals surface area contributed by atoms with Crippen LogP contribution in [0.1, 0.15) is 23.0 Å². The summed E-state index contributed by atoms with van der Waals surface area (Å²) in [6.07, 6.45) is 0.759. The van der Waals surface area contributed by atoms with Crippen LogP contribution in [-0.4, -0.2) is 16.2 Å². The molecule has 3 rings (SSSR count). The molecule has 0 aliphatic rings. The van der Waals surface area contributed by atoms with Gasteiger partial charge in [0.05, 0.1) is 0 Å². The zero-order chi connectivity index (χ0) is 13.4. The minimum atomic E-state index is -1.12. The van der Waals surface area contributed by atoms with Crippen molar-refractivity contribution in [3.63, 3.8) is 0 Å². The third-order valence-corrected chi connectivity index (χ3v) is 3.00. The number of fused-ring (bicyclic) bond motifs is 1. The highest BCUT2D eigenvalue weighted by atomic mass is 16.5. The van der Waals surface area contributed by atoms with E-state index in [-0.39, 0.29) is 5.69 Å². The Morgan fingerprint density at radius 3 is 2.84 bits per heavy atom. The van der Waals surface area contributed by atoms with Crippen LogP contribution in [0.4, 0.5) is 0 Å². The second kappa shape index (κ2) is 4.28. The third-order valence-electron chi connectivity index (χ3n) is 3.00. The fraction of sp³-hybridized carbons (Fsp3) is 0.143. The number of nitrogens with zero attached hydrogens (tertiary/aromatic N) is 1. The first-order valence-electron chi connectivity index (χ1n) is 5.91. The average Bonchev–Trinajstić information content (AvgIpc) is 3.02. The van der Waals surface area contributed by atoms with Gasteiger partial charge in [0.15, 0.2) is 11.5 Å². The van der Waals surface area contributed by atoms with E-state index >= 15 is 0 Å². The van der Waals surface area contributed by atoms with Gasteiger partial charge in [-0.2, -0.15) is 0 Å². The number of rotatable bonds is 3. The minimum Gasteiger partial charge on any atom is -0.476 e. The van der Waals surface area contributed by atoms with Crippen molar-refractivity contribution in [2.45, 2.75) is 13.3 Å². The topological polar surface area (TPSA) is 76.5 Å². The number of hydrogen-bond acceptors (Lipinski definition) is 4. The highest BCUT2D eigenvalue weighted by Crippen LogP contribution is 2.34. The summed E-state index contributed by atoms with van der Waals surface area (Å²) in [6.45, 7) is 2.01. The summed E-state index contributed by atoms with van der Waals surface area (Å²) in [7, 11) is 0. The standard InChI is InChI=1S/C14H11NO4/c1-2-8-9-5-3-4-6-11(9)18-13(8)12-7-10(14(16)17)15-19-12/h3-7H,2H2,1H3,(H,16,17). The first-order chi connectivity index (χ1) is 9.20. The van der Waals surface area contributed by atoms with Crippen LogP contribution in [0.3, 0.4) is 0 Å². The Morgan fingerprint density at radius 1 is 1.37 bits per heavy atom. The maximum absolute atomic E-state index is 10.8. The van der Waals surface area contributed by atoms with Gasteiger partial charge in [-0.1, -0.05) is 30.3 Å². The molecule has 1 aromatic carbocycles. The Morgan fingerprint density at radius 2 is 2.16 bits per heavy atom. The number of benzene rings is 1. The fourth-order valence-electron chi connectivity index (χ4n) is 2.13. The van der Waals surface area contributed by atoms with Crippen LogP contribution in [0.5, 0.6) is 0 Å². The second-order valence-electron chi connectivity index (χ2n) is 4.14. The molecule has 0 saturated heterocycles. The molecular weight excluding hydrogens is 246 g/mol. The molecular formula is C14H11NO4. The summed E-state index contributed by atoms with van der Waals surface area (Å²) in [5.41, 5.74) is 1.61. The lowest BCUT2D eigenvalue weighted by Crippen LogP contribution is -1.94. The molecule has 0 saturated carbocycles. The Balaban J connectivity index is 2.20. The molecule has 0 aliphatic heterocycles. The van der Waals surface area contributed by atoms with Crippen LogP contribution in [0.15, 0.2) is 39.3 Å². The van der Waals surface area contributed by atoms with Gasteiger partial charge in [-0.15, -0.1) is 0 Å². The molecule has 5 heteroatoms. The summed E-state index contributed by atoms with van der Waals surface area (Å²) in [5, 5.41) is 13.4. The van der Waals surface area contributed by atoms with E-state index in [1.807, 2.05) is 31.2 Å². The molecule has 2 heterocycles. The molecule has 0 atom stereocenters. The number of aromatic nitrogens is 1. The molecule has 0 spiro atoms. The Bertz CT molecular complexity index is 754. The third kappa shape index (κ3) is 1.79. The van der Waals surface area contributed by atoms with Crippen LogP contribution >= 0.6 is 0 Å². The Hall–Kier alpha value is -2.56. The average molecular weight is 257 g/mol. The summed E-state index contributed by atoms with van der Waals surface area (Å²) in [5.74, 6) is -0.238. The lowest BCUT2D eigenvalue weighted by molar-refractivity contribution is 0.0686. The van der Waals surface area contributed by atoms with Gasteiger partial charge in [0, 0.05) is 17.0 Å². The highest BCUT2D eigenvalue weighted by molar-refractivity contribution is 5.89. The smallest absolute Gasteiger partial charge is 0.358 e. The zero-order valence-electron chi connectivity index (χ0n) is 10.2. The van der Waals surface area contributed by atoms with Crippen molar-refractivity contribution in [1.29, 1.82) is 0 Å². The van der Waals surface area contributed by atoms with Crippen LogP contribution in [-0.2, 0) is 6.42 Å². The molecule has 3 aromatic rings. The summed E-state index contributed by atoms with van der Waals surface area (Å²) < 4.78 is 10.8. The lowest BCUT2D eigenvalue weighted by atomic mass is 10.1. The number of carboxylic acids is 1. The van der Waals surface area contributed by atoms with Gasteiger partial charge < -0.3 is 14.0 Å². The number of para-hydroxylation sites is 1. The number of carboxylic acid groups (broad SMARTS) is 1. The lowest BCUT2D eigenvalue weighted by Gasteiger charge is -1.94. The molecule has 0 unspecified atom stereocenters. The Labute approximate surface area is 108 Å². The molecule has 96 valence electrons. The SMILES string of the molecule is CCc1c(-c2cc(C(=O)O)no2)oc2ccccc12. The number of aromatic carboxylic acids is 1. The van der Waals surface area contributed by atoms with Crippen molar-refractivity contribution in [3.8, 4) is 11.5 Å². The van der Waals surface area contributed by atoms with Crippen molar-refractivity contribution in [3.05, 3.63) is 41.6 Å². The first-order valence-corrected chi connectivity index (χ1v) is 5.91. The van der Waals surface area contributed by atoms with Gasteiger partial charge in [0.25, 0.3) is 0 Å². The van der Waals surface area contributed by atoms with Gasteiger partial charge in [0.1, 0.15) is 5.58 Å². The van der Waals surface area contributed by atoms with Crippen molar-refractivity contribution in [1.82, 2.24) is 5.16 Å². The molecule has 0 fully saturated rings. The van der Waals surface area contributed by atoms with Gasteiger partial charge >= 0.3 is 5.97 Å². The van der Waals surface area contributed by atoms with Crippen molar-refractivity contribution in [2.24, 2.45) is 0 Å². The molecule has 5 nitrogen and oxygen atoms in total. The molecule has 0 radical (unpaired) electrons. The van der Waals surface area contributed by atoms with Crippen LogP contribution in [0, 0.1) is 0 Å². The number of hydrogen-bond donors (Lipinski definition) is 1. The second-order valence-corrected chi connectivity index (χ2v) is 4.14. The van der Waals surface area contributed by atoms with E-state index in [2.05, 4.69) is 5.16 Å². The van der Waals surface area contributed by atoms with Crippen LogP contribution in [0.25, 0.3) is 22.5 Å². The number of carbonyl (C=O) groups is 1. The summed E-state index contributed by atoms with van der Waals surface area (Å²) >= 11 is 0. The predicted molar refractivity (Wildman–Crippen MR) is 68.0 cm³/mol. The van der Waals surface area contributed by atoms with Crippen molar-refractivity contribution in [2.75, 3.05) is 0 Å². The monoisotopic (exact) mass is 257 g/mol. The van der Waals surface area contributed by atoms with Crippen LogP contribution in [0.2, 0.25) is 0 Å². The Kier molecular flexibility index (Phi) is 2.59. The van der Waals surface area contributed by atoms with E-state index in [0.29, 0.717) is 11.5 Å². The van der Waals surface area contributed by atoms with Crippen LogP contribution < -0.4 is 0 Å². The van der Waals surface area contributed by atoms with Gasteiger partial charge in [-0.3, -0.25) is 0 Å².